The van der Waals surface area contributed by atoms with Gasteiger partial charge in [-0.1, -0.05) is 29.8 Å². The number of hydrogen-bond donors (Lipinski definition) is 1. The first kappa shape index (κ1) is 12.2. The lowest BCUT2D eigenvalue weighted by atomic mass is 10.1. The zero-order valence-electron chi connectivity index (χ0n) is 11.3. The number of fused-ring (bicyclic) bond motifs is 1. The molecular weight excluding hydrogens is 234 g/mol. The molecule has 0 radical (unpaired) electrons. The van der Waals surface area contributed by atoms with Gasteiger partial charge in [0, 0.05) is 25.0 Å². The Balaban J connectivity index is 2.07. The molecule has 2 heterocycles. The number of nitrogens with two attached hydrogens (primary N) is 1. The van der Waals surface area contributed by atoms with Gasteiger partial charge in [0.15, 0.2) is 0 Å². The lowest BCUT2D eigenvalue weighted by Gasteiger charge is -2.28. The Kier molecular flexibility index (Phi) is 3.22. The highest BCUT2D eigenvalue weighted by atomic mass is 15.2. The third kappa shape index (κ3) is 2.34. The Morgan fingerprint density at radius 1 is 1.32 bits per heavy atom. The van der Waals surface area contributed by atoms with Gasteiger partial charge in [0.1, 0.15) is 5.82 Å². The van der Waals surface area contributed by atoms with Gasteiger partial charge in [-0.25, -0.2) is 4.98 Å². The minimum atomic E-state index is 0.554. The first-order valence-electron chi connectivity index (χ1n) is 6.77. The SMILES string of the molecule is CC1=CCCN(c2cc(CN)c3ccccc3n2)C1. The summed E-state index contributed by atoms with van der Waals surface area (Å²) in [6.07, 6.45) is 3.40. The quantitative estimate of drug-likeness (QED) is 0.837. The summed E-state index contributed by atoms with van der Waals surface area (Å²) in [5.41, 5.74) is 9.51. The molecule has 19 heavy (non-hydrogen) atoms. The Hall–Kier alpha value is -1.87. The van der Waals surface area contributed by atoms with Crippen molar-refractivity contribution in [2.45, 2.75) is 19.9 Å². The van der Waals surface area contributed by atoms with E-state index < -0.39 is 0 Å². The number of benzene rings is 1. The molecule has 0 bridgehead atoms. The lowest BCUT2D eigenvalue weighted by Crippen LogP contribution is -2.30. The molecule has 2 N–H and O–H groups in total. The average Bonchev–Trinajstić information content (AvgIpc) is 2.46. The van der Waals surface area contributed by atoms with Gasteiger partial charge < -0.3 is 10.6 Å². The van der Waals surface area contributed by atoms with Crippen molar-refractivity contribution in [3.8, 4) is 0 Å². The molecule has 0 atom stereocenters. The molecule has 1 aromatic carbocycles. The van der Waals surface area contributed by atoms with E-state index in [1.165, 1.54) is 11.1 Å². The molecule has 3 rings (SSSR count). The number of aromatic nitrogens is 1. The molecule has 0 saturated carbocycles. The van der Waals surface area contributed by atoms with E-state index in [0.29, 0.717) is 6.54 Å². The fourth-order valence-electron chi connectivity index (χ4n) is 2.67. The largest absolute Gasteiger partial charge is 0.352 e. The minimum absolute atomic E-state index is 0.554. The second-order valence-electron chi connectivity index (χ2n) is 5.12. The summed E-state index contributed by atoms with van der Waals surface area (Å²) in [5, 5.41) is 1.16. The number of nitrogens with zero attached hydrogens (tertiary/aromatic N) is 2. The number of para-hydroxylation sites is 1. The van der Waals surface area contributed by atoms with E-state index in [-0.39, 0.29) is 0 Å². The van der Waals surface area contributed by atoms with Crippen molar-refractivity contribution in [3.63, 3.8) is 0 Å². The standard InChI is InChI=1S/C16H19N3/c1-12-5-4-8-19(11-12)16-9-13(10-17)14-6-2-3-7-15(14)18-16/h2-3,5-7,9H,4,8,10-11,17H2,1H3. The van der Waals surface area contributed by atoms with Gasteiger partial charge in [0.05, 0.1) is 5.52 Å². The molecule has 1 aliphatic rings. The number of anilines is 1. The summed E-state index contributed by atoms with van der Waals surface area (Å²) in [7, 11) is 0. The van der Waals surface area contributed by atoms with Crippen molar-refractivity contribution in [1.82, 2.24) is 4.98 Å². The van der Waals surface area contributed by atoms with E-state index in [4.69, 9.17) is 10.7 Å². The predicted octanol–water partition coefficient (Wildman–Crippen LogP) is 2.85. The van der Waals surface area contributed by atoms with Crippen LogP contribution in [0.15, 0.2) is 42.0 Å². The van der Waals surface area contributed by atoms with E-state index >= 15 is 0 Å². The molecule has 0 amide bonds. The zero-order chi connectivity index (χ0) is 13.2. The smallest absolute Gasteiger partial charge is 0.129 e. The summed E-state index contributed by atoms with van der Waals surface area (Å²) < 4.78 is 0. The molecule has 98 valence electrons. The minimum Gasteiger partial charge on any atom is -0.352 e. The summed E-state index contributed by atoms with van der Waals surface area (Å²) in [4.78, 5) is 7.12. The second kappa shape index (κ2) is 5.02. The van der Waals surface area contributed by atoms with Crippen LogP contribution in [0, 0.1) is 0 Å². The van der Waals surface area contributed by atoms with Crippen molar-refractivity contribution in [2.75, 3.05) is 18.0 Å². The highest BCUT2D eigenvalue weighted by molar-refractivity contribution is 5.84. The van der Waals surface area contributed by atoms with Crippen LogP contribution in [0.5, 0.6) is 0 Å². The van der Waals surface area contributed by atoms with Crippen molar-refractivity contribution in [3.05, 3.63) is 47.5 Å². The highest BCUT2D eigenvalue weighted by Crippen LogP contribution is 2.24. The van der Waals surface area contributed by atoms with Crippen molar-refractivity contribution in [1.29, 1.82) is 0 Å². The zero-order valence-corrected chi connectivity index (χ0v) is 11.3. The first-order valence-corrected chi connectivity index (χ1v) is 6.77. The van der Waals surface area contributed by atoms with Crippen LogP contribution in [-0.2, 0) is 6.54 Å². The maximum Gasteiger partial charge on any atom is 0.129 e. The van der Waals surface area contributed by atoms with Crippen molar-refractivity contribution < 1.29 is 0 Å². The van der Waals surface area contributed by atoms with Crippen LogP contribution in [0.4, 0.5) is 5.82 Å². The van der Waals surface area contributed by atoms with Crippen LogP contribution in [0.3, 0.4) is 0 Å². The Morgan fingerprint density at radius 3 is 2.95 bits per heavy atom. The van der Waals surface area contributed by atoms with Crippen LogP contribution >= 0.6 is 0 Å². The van der Waals surface area contributed by atoms with Crippen LogP contribution in [-0.4, -0.2) is 18.1 Å². The fraction of sp³-hybridized carbons (Fsp3) is 0.312. The molecule has 0 saturated heterocycles. The second-order valence-corrected chi connectivity index (χ2v) is 5.12. The van der Waals surface area contributed by atoms with E-state index in [9.17, 15) is 0 Å². The molecule has 0 fully saturated rings. The molecule has 0 aliphatic carbocycles. The summed E-state index contributed by atoms with van der Waals surface area (Å²) >= 11 is 0. The molecule has 3 nitrogen and oxygen atoms in total. The number of rotatable bonds is 2. The molecular formula is C16H19N3. The summed E-state index contributed by atoms with van der Waals surface area (Å²) in [5.74, 6) is 1.05. The Labute approximate surface area is 113 Å². The molecule has 3 heteroatoms. The van der Waals surface area contributed by atoms with Crippen LogP contribution in [0.2, 0.25) is 0 Å². The molecule has 1 aromatic heterocycles. The normalized spacial score (nSPS) is 15.7. The lowest BCUT2D eigenvalue weighted by molar-refractivity contribution is 0.779. The van der Waals surface area contributed by atoms with E-state index in [2.05, 4.69) is 36.1 Å². The first-order chi connectivity index (χ1) is 9.28. The average molecular weight is 253 g/mol. The van der Waals surface area contributed by atoms with Gasteiger partial charge >= 0.3 is 0 Å². The van der Waals surface area contributed by atoms with E-state index in [0.717, 1.165) is 36.2 Å². The summed E-state index contributed by atoms with van der Waals surface area (Å²) in [6.45, 7) is 4.73. The third-order valence-corrected chi connectivity index (χ3v) is 3.66. The van der Waals surface area contributed by atoms with Gasteiger partial charge in [0.2, 0.25) is 0 Å². The maximum atomic E-state index is 5.88. The molecule has 2 aromatic rings. The Morgan fingerprint density at radius 2 is 2.16 bits per heavy atom. The van der Waals surface area contributed by atoms with Crippen LogP contribution in [0.1, 0.15) is 18.9 Å². The summed E-state index contributed by atoms with van der Waals surface area (Å²) in [6, 6.07) is 10.4. The van der Waals surface area contributed by atoms with Gasteiger partial charge in [-0.05, 0) is 31.0 Å². The van der Waals surface area contributed by atoms with Crippen molar-refractivity contribution >= 4 is 16.7 Å². The number of pyridine rings is 1. The fourth-order valence-corrected chi connectivity index (χ4v) is 2.67. The molecule has 1 aliphatic heterocycles. The Bertz CT molecular complexity index is 631. The molecule has 0 spiro atoms. The van der Waals surface area contributed by atoms with Gasteiger partial charge in [-0.3, -0.25) is 0 Å². The van der Waals surface area contributed by atoms with E-state index in [1.54, 1.807) is 0 Å². The van der Waals surface area contributed by atoms with Gasteiger partial charge in [-0.15, -0.1) is 0 Å². The topological polar surface area (TPSA) is 42.1 Å². The van der Waals surface area contributed by atoms with Crippen LogP contribution < -0.4 is 10.6 Å². The monoisotopic (exact) mass is 253 g/mol. The number of hydrogen-bond acceptors (Lipinski definition) is 3. The van der Waals surface area contributed by atoms with Gasteiger partial charge in [0.25, 0.3) is 0 Å². The maximum absolute atomic E-state index is 5.88. The third-order valence-electron chi connectivity index (χ3n) is 3.66. The highest BCUT2D eigenvalue weighted by Gasteiger charge is 2.14. The van der Waals surface area contributed by atoms with E-state index in [1.807, 2.05) is 12.1 Å². The molecule has 0 unspecified atom stereocenters. The predicted molar refractivity (Wildman–Crippen MR) is 80.2 cm³/mol. The van der Waals surface area contributed by atoms with Gasteiger partial charge in [-0.2, -0.15) is 0 Å². The van der Waals surface area contributed by atoms with Crippen molar-refractivity contribution in [2.24, 2.45) is 5.73 Å². The van der Waals surface area contributed by atoms with Crippen LogP contribution in [0.25, 0.3) is 10.9 Å².